The first-order valence-corrected chi connectivity index (χ1v) is 8.18. The Morgan fingerprint density at radius 3 is 2.96 bits per heavy atom. The van der Waals surface area contributed by atoms with Gasteiger partial charge in [-0.15, -0.1) is 0 Å². The van der Waals surface area contributed by atoms with Crippen LogP contribution in [0.2, 0.25) is 0 Å². The Morgan fingerprint density at radius 1 is 1.46 bits per heavy atom. The van der Waals surface area contributed by atoms with Crippen LogP contribution in [0, 0.1) is 11.2 Å². The van der Waals surface area contributed by atoms with Crippen LogP contribution in [0.1, 0.15) is 25.7 Å². The standard InChI is InChI=1S/C18H22FN3O2/c1-18(11-20)8-9-22(12-18)17(23)7-6-16-21-10-15(24-16)13-4-2-3-5-14(13)19/h2-5,10H,6-9,11-12,20H2,1H3. The number of aromatic nitrogens is 1. The van der Waals surface area contributed by atoms with Gasteiger partial charge in [-0.2, -0.15) is 0 Å². The Balaban J connectivity index is 1.58. The average Bonchev–Trinajstić information content (AvgIpc) is 3.21. The van der Waals surface area contributed by atoms with Crippen molar-refractivity contribution in [2.75, 3.05) is 19.6 Å². The molecule has 1 saturated heterocycles. The number of nitrogens with two attached hydrogens (primary N) is 1. The lowest BCUT2D eigenvalue weighted by molar-refractivity contribution is -0.130. The lowest BCUT2D eigenvalue weighted by Crippen LogP contribution is -2.34. The van der Waals surface area contributed by atoms with Gasteiger partial charge in [0.1, 0.15) is 5.82 Å². The third-order valence-corrected chi connectivity index (χ3v) is 4.65. The van der Waals surface area contributed by atoms with Gasteiger partial charge in [-0.25, -0.2) is 9.37 Å². The topological polar surface area (TPSA) is 72.4 Å². The highest BCUT2D eigenvalue weighted by Gasteiger charge is 2.34. The summed E-state index contributed by atoms with van der Waals surface area (Å²) in [5.74, 6) is 0.557. The van der Waals surface area contributed by atoms with Crippen LogP contribution in [0.3, 0.4) is 0 Å². The van der Waals surface area contributed by atoms with E-state index in [-0.39, 0.29) is 17.1 Å². The van der Waals surface area contributed by atoms with Crippen molar-refractivity contribution in [3.05, 3.63) is 42.2 Å². The molecule has 1 aromatic heterocycles. The van der Waals surface area contributed by atoms with Crippen LogP contribution in [0.5, 0.6) is 0 Å². The van der Waals surface area contributed by atoms with E-state index >= 15 is 0 Å². The number of oxazole rings is 1. The molecule has 3 rings (SSSR count). The van der Waals surface area contributed by atoms with Gasteiger partial charge in [-0.1, -0.05) is 19.1 Å². The van der Waals surface area contributed by atoms with Gasteiger partial charge in [0, 0.05) is 25.9 Å². The molecule has 2 heterocycles. The second-order valence-corrected chi connectivity index (χ2v) is 6.68. The van der Waals surface area contributed by atoms with Crippen molar-refractivity contribution < 1.29 is 13.6 Å². The van der Waals surface area contributed by atoms with Crippen molar-refractivity contribution in [1.29, 1.82) is 0 Å². The fourth-order valence-electron chi connectivity index (χ4n) is 2.99. The molecule has 6 heteroatoms. The van der Waals surface area contributed by atoms with Crippen LogP contribution in [0.4, 0.5) is 4.39 Å². The largest absolute Gasteiger partial charge is 0.441 e. The highest BCUT2D eigenvalue weighted by molar-refractivity contribution is 5.76. The number of hydrogen-bond acceptors (Lipinski definition) is 4. The molecule has 1 aliphatic heterocycles. The zero-order valence-corrected chi connectivity index (χ0v) is 13.8. The number of carbonyl (C=O) groups is 1. The molecule has 2 aromatic rings. The van der Waals surface area contributed by atoms with Gasteiger partial charge in [-0.3, -0.25) is 4.79 Å². The summed E-state index contributed by atoms with van der Waals surface area (Å²) in [7, 11) is 0. The number of hydrogen-bond donors (Lipinski definition) is 1. The second kappa shape index (κ2) is 6.73. The van der Waals surface area contributed by atoms with Crippen LogP contribution in [0.25, 0.3) is 11.3 Å². The molecule has 1 aromatic carbocycles. The SMILES string of the molecule is CC1(CN)CCN(C(=O)CCc2ncc(-c3ccccc3F)o2)C1. The maximum atomic E-state index is 13.8. The van der Waals surface area contributed by atoms with E-state index in [2.05, 4.69) is 11.9 Å². The molecule has 1 amide bonds. The highest BCUT2D eigenvalue weighted by atomic mass is 19.1. The number of benzene rings is 1. The van der Waals surface area contributed by atoms with E-state index in [0.717, 1.165) is 13.0 Å². The zero-order chi connectivity index (χ0) is 17.2. The lowest BCUT2D eigenvalue weighted by atomic mass is 9.90. The van der Waals surface area contributed by atoms with E-state index < -0.39 is 0 Å². The Kier molecular flexibility index (Phi) is 4.66. The summed E-state index contributed by atoms with van der Waals surface area (Å²) in [5, 5.41) is 0. The third-order valence-electron chi connectivity index (χ3n) is 4.65. The van der Waals surface area contributed by atoms with Gasteiger partial charge in [0.2, 0.25) is 5.91 Å². The molecule has 0 radical (unpaired) electrons. The molecule has 2 N–H and O–H groups in total. The van der Waals surface area contributed by atoms with Crippen molar-refractivity contribution in [2.45, 2.75) is 26.2 Å². The van der Waals surface area contributed by atoms with Crippen LogP contribution >= 0.6 is 0 Å². The highest BCUT2D eigenvalue weighted by Crippen LogP contribution is 2.29. The molecule has 128 valence electrons. The number of rotatable bonds is 5. The van der Waals surface area contributed by atoms with Crippen LogP contribution in [-0.2, 0) is 11.2 Å². The predicted octanol–water partition coefficient (Wildman–Crippen LogP) is 2.61. The summed E-state index contributed by atoms with van der Waals surface area (Å²) in [6, 6.07) is 6.39. The first-order valence-electron chi connectivity index (χ1n) is 8.18. The minimum atomic E-state index is -0.352. The van der Waals surface area contributed by atoms with Gasteiger partial charge >= 0.3 is 0 Å². The van der Waals surface area contributed by atoms with E-state index in [1.165, 1.54) is 12.3 Å². The number of aryl methyl sites for hydroxylation is 1. The Labute approximate surface area is 140 Å². The molecule has 0 bridgehead atoms. The van der Waals surface area contributed by atoms with Gasteiger partial charge in [-0.05, 0) is 30.5 Å². The molecule has 0 saturated carbocycles. The monoisotopic (exact) mass is 331 g/mol. The maximum Gasteiger partial charge on any atom is 0.223 e. The minimum absolute atomic E-state index is 0.0244. The summed E-state index contributed by atoms with van der Waals surface area (Å²) in [6.45, 7) is 4.14. The Hall–Kier alpha value is -2.21. The molecule has 1 atom stereocenters. The van der Waals surface area contributed by atoms with Gasteiger partial charge in [0.25, 0.3) is 0 Å². The first kappa shape index (κ1) is 16.6. The predicted molar refractivity (Wildman–Crippen MR) is 88.6 cm³/mol. The zero-order valence-electron chi connectivity index (χ0n) is 13.8. The van der Waals surface area contributed by atoms with E-state index in [1.54, 1.807) is 18.2 Å². The molecule has 1 aliphatic rings. The maximum absolute atomic E-state index is 13.8. The molecule has 0 spiro atoms. The summed E-state index contributed by atoms with van der Waals surface area (Å²) >= 11 is 0. The number of likely N-dealkylation sites (tertiary alicyclic amines) is 1. The van der Waals surface area contributed by atoms with Crippen molar-refractivity contribution in [3.8, 4) is 11.3 Å². The number of amides is 1. The summed E-state index contributed by atoms with van der Waals surface area (Å²) in [6.07, 6.45) is 3.17. The molecule has 1 fully saturated rings. The van der Waals surface area contributed by atoms with Crippen LogP contribution in [0.15, 0.2) is 34.9 Å². The van der Waals surface area contributed by atoms with Crippen molar-refractivity contribution in [3.63, 3.8) is 0 Å². The third kappa shape index (κ3) is 3.48. The Morgan fingerprint density at radius 2 is 2.25 bits per heavy atom. The molecular weight excluding hydrogens is 309 g/mol. The molecule has 1 unspecified atom stereocenters. The fourth-order valence-corrected chi connectivity index (χ4v) is 2.99. The van der Waals surface area contributed by atoms with Gasteiger partial charge in [0.15, 0.2) is 11.7 Å². The molecule has 24 heavy (non-hydrogen) atoms. The first-order chi connectivity index (χ1) is 11.5. The van der Waals surface area contributed by atoms with E-state index in [0.29, 0.717) is 43.1 Å². The summed E-state index contributed by atoms with van der Waals surface area (Å²) < 4.78 is 19.3. The normalized spacial score (nSPS) is 20.5. The van der Waals surface area contributed by atoms with Crippen LogP contribution in [-0.4, -0.2) is 35.4 Å². The average molecular weight is 331 g/mol. The van der Waals surface area contributed by atoms with E-state index in [9.17, 15) is 9.18 Å². The van der Waals surface area contributed by atoms with Crippen molar-refractivity contribution >= 4 is 5.91 Å². The number of carbonyl (C=O) groups excluding carboxylic acids is 1. The van der Waals surface area contributed by atoms with E-state index in [1.807, 2.05) is 4.90 Å². The molecule has 0 aliphatic carbocycles. The molecule has 5 nitrogen and oxygen atoms in total. The number of halogens is 1. The van der Waals surface area contributed by atoms with Gasteiger partial charge < -0.3 is 15.1 Å². The lowest BCUT2D eigenvalue weighted by Gasteiger charge is -2.22. The second-order valence-electron chi connectivity index (χ2n) is 6.68. The summed E-state index contributed by atoms with van der Waals surface area (Å²) in [5.41, 5.74) is 6.17. The number of nitrogens with zero attached hydrogens (tertiary/aromatic N) is 2. The fraction of sp³-hybridized carbons (Fsp3) is 0.444. The quantitative estimate of drug-likeness (QED) is 0.914. The van der Waals surface area contributed by atoms with Crippen molar-refractivity contribution in [2.24, 2.45) is 11.1 Å². The van der Waals surface area contributed by atoms with E-state index in [4.69, 9.17) is 10.2 Å². The summed E-state index contributed by atoms with van der Waals surface area (Å²) in [4.78, 5) is 18.3. The van der Waals surface area contributed by atoms with Crippen LogP contribution < -0.4 is 5.73 Å². The van der Waals surface area contributed by atoms with Gasteiger partial charge in [0.05, 0.1) is 11.8 Å². The Bertz CT molecular complexity index is 731. The van der Waals surface area contributed by atoms with Crippen molar-refractivity contribution in [1.82, 2.24) is 9.88 Å². The smallest absolute Gasteiger partial charge is 0.223 e. The minimum Gasteiger partial charge on any atom is -0.441 e. The molecular formula is C18H22FN3O2.